The summed E-state index contributed by atoms with van der Waals surface area (Å²) in [5.41, 5.74) is 0.317. The Morgan fingerprint density at radius 3 is 2.87 bits per heavy atom. The van der Waals surface area contributed by atoms with Gasteiger partial charge in [0.25, 0.3) is 0 Å². The van der Waals surface area contributed by atoms with Gasteiger partial charge in [-0.05, 0) is 35.0 Å². The standard InChI is InChI=1S/C10H7BrClNO2/c1-2-15-10(14)8-6(5-13)3-4-7(11)9(8)12/h3-4H,2H2,1H3. The van der Waals surface area contributed by atoms with Crippen molar-refractivity contribution in [1.29, 1.82) is 5.26 Å². The number of nitriles is 1. The van der Waals surface area contributed by atoms with Gasteiger partial charge in [-0.1, -0.05) is 11.6 Å². The second-order valence-electron chi connectivity index (χ2n) is 2.62. The Morgan fingerprint density at radius 2 is 2.33 bits per heavy atom. The Morgan fingerprint density at radius 1 is 1.67 bits per heavy atom. The maximum Gasteiger partial charge on any atom is 0.341 e. The number of hydrogen-bond acceptors (Lipinski definition) is 3. The molecule has 3 nitrogen and oxygen atoms in total. The van der Waals surface area contributed by atoms with Gasteiger partial charge in [0.05, 0.1) is 22.8 Å². The minimum Gasteiger partial charge on any atom is -0.462 e. The van der Waals surface area contributed by atoms with Crippen LogP contribution in [-0.4, -0.2) is 12.6 Å². The summed E-state index contributed by atoms with van der Waals surface area (Å²) >= 11 is 9.09. The molecular formula is C10H7BrClNO2. The van der Waals surface area contributed by atoms with Gasteiger partial charge < -0.3 is 4.74 Å². The molecule has 0 saturated heterocycles. The highest BCUT2D eigenvalue weighted by Gasteiger charge is 2.18. The normalized spacial score (nSPS) is 9.47. The molecule has 15 heavy (non-hydrogen) atoms. The summed E-state index contributed by atoms with van der Waals surface area (Å²) in [5, 5.41) is 9.02. The highest BCUT2D eigenvalue weighted by molar-refractivity contribution is 9.10. The molecule has 0 aliphatic heterocycles. The van der Waals surface area contributed by atoms with Crippen LogP contribution >= 0.6 is 27.5 Å². The molecule has 0 spiro atoms. The summed E-state index contributed by atoms with van der Waals surface area (Å²) < 4.78 is 5.37. The van der Waals surface area contributed by atoms with Gasteiger partial charge >= 0.3 is 5.97 Å². The van der Waals surface area contributed by atoms with E-state index in [2.05, 4.69) is 15.9 Å². The minimum atomic E-state index is -0.583. The maximum absolute atomic E-state index is 11.5. The predicted molar refractivity (Wildman–Crippen MR) is 59.8 cm³/mol. The molecule has 0 heterocycles. The smallest absolute Gasteiger partial charge is 0.341 e. The lowest BCUT2D eigenvalue weighted by Gasteiger charge is -2.06. The molecule has 0 radical (unpaired) electrons. The van der Waals surface area contributed by atoms with Gasteiger partial charge in [0.2, 0.25) is 0 Å². The third-order valence-corrected chi connectivity index (χ3v) is 2.98. The first-order valence-corrected chi connectivity index (χ1v) is 5.34. The zero-order valence-corrected chi connectivity index (χ0v) is 10.2. The van der Waals surface area contributed by atoms with Gasteiger partial charge in [0, 0.05) is 4.47 Å². The van der Waals surface area contributed by atoms with Crippen LogP contribution in [0.1, 0.15) is 22.8 Å². The maximum atomic E-state index is 11.5. The Hall–Kier alpha value is -1.05. The first kappa shape index (κ1) is 12.0. The molecular weight excluding hydrogens is 281 g/mol. The summed E-state index contributed by atoms with van der Waals surface area (Å²) in [6.45, 7) is 1.93. The van der Waals surface area contributed by atoms with E-state index in [0.717, 1.165) is 0 Å². The van der Waals surface area contributed by atoms with Crippen LogP contribution in [0.15, 0.2) is 16.6 Å². The fourth-order valence-electron chi connectivity index (χ4n) is 1.05. The van der Waals surface area contributed by atoms with E-state index in [9.17, 15) is 4.79 Å². The number of rotatable bonds is 2. The SMILES string of the molecule is CCOC(=O)c1c(C#N)ccc(Br)c1Cl. The lowest BCUT2D eigenvalue weighted by molar-refractivity contribution is 0.0526. The Balaban J connectivity index is 3.31. The van der Waals surface area contributed by atoms with E-state index in [1.807, 2.05) is 6.07 Å². The number of benzene rings is 1. The Labute approximate surface area is 101 Å². The highest BCUT2D eigenvalue weighted by Crippen LogP contribution is 2.29. The van der Waals surface area contributed by atoms with Gasteiger partial charge in [-0.15, -0.1) is 0 Å². The largest absolute Gasteiger partial charge is 0.462 e. The van der Waals surface area contributed by atoms with Crippen LogP contribution in [0.2, 0.25) is 5.02 Å². The molecule has 0 N–H and O–H groups in total. The number of esters is 1. The second-order valence-corrected chi connectivity index (χ2v) is 3.85. The van der Waals surface area contributed by atoms with Crippen molar-refractivity contribution in [2.24, 2.45) is 0 Å². The topological polar surface area (TPSA) is 50.1 Å². The molecule has 0 aliphatic rings. The number of nitrogens with zero attached hydrogens (tertiary/aromatic N) is 1. The van der Waals surface area contributed by atoms with Gasteiger partial charge in [0.15, 0.2) is 0 Å². The van der Waals surface area contributed by atoms with E-state index < -0.39 is 5.97 Å². The molecule has 5 heteroatoms. The van der Waals surface area contributed by atoms with Crippen LogP contribution in [-0.2, 0) is 4.74 Å². The molecule has 1 rings (SSSR count). The van der Waals surface area contributed by atoms with Crippen molar-refractivity contribution in [3.63, 3.8) is 0 Å². The summed E-state index contributed by atoms with van der Waals surface area (Å²) in [5.74, 6) is -0.583. The molecule has 0 fully saturated rings. The van der Waals surface area contributed by atoms with Crippen molar-refractivity contribution < 1.29 is 9.53 Å². The zero-order valence-electron chi connectivity index (χ0n) is 7.88. The van der Waals surface area contributed by atoms with Crippen LogP contribution in [0.3, 0.4) is 0 Å². The molecule has 0 aliphatic carbocycles. The van der Waals surface area contributed by atoms with Crippen molar-refractivity contribution in [1.82, 2.24) is 0 Å². The fourth-order valence-corrected chi connectivity index (χ4v) is 1.62. The Bertz CT molecular complexity index is 440. The van der Waals surface area contributed by atoms with E-state index in [-0.39, 0.29) is 22.8 Å². The van der Waals surface area contributed by atoms with Crippen molar-refractivity contribution in [3.8, 4) is 6.07 Å². The number of halogens is 2. The number of hydrogen-bond donors (Lipinski definition) is 0. The van der Waals surface area contributed by atoms with Crippen molar-refractivity contribution >= 4 is 33.5 Å². The average Bonchev–Trinajstić information content (AvgIpc) is 2.22. The summed E-state index contributed by atoms with van der Waals surface area (Å²) in [7, 11) is 0. The third-order valence-electron chi connectivity index (χ3n) is 1.69. The van der Waals surface area contributed by atoms with E-state index in [0.29, 0.717) is 4.47 Å². The monoisotopic (exact) mass is 287 g/mol. The first-order valence-electron chi connectivity index (χ1n) is 4.17. The molecule has 0 saturated carbocycles. The number of ether oxygens (including phenoxy) is 1. The van der Waals surface area contributed by atoms with E-state index >= 15 is 0 Å². The van der Waals surface area contributed by atoms with E-state index in [4.69, 9.17) is 21.6 Å². The van der Waals surface area contributed by atoms with Crippen molar-refractivity contribution in [2.45, 2.75) is 6.92 Å². The van der Waals surface area contributed by atoms with Crippen LogP contribution in [0.25, 0.3) is 0 Å². The quantitative estimate of drug-likeness (QED) is 0.786. The lowest BCUT2D eigenvalue weighted by Crippen LogP contribution is -2.08. The molecule has 1 aromatic carbocycles. The summed E-state index contributed by atoms with van der Waals surface area (Å²) in [4.78, 5) is 11.5. The van der Waals surface area contributed by atoms with Gasteiger partial charge in [-0.3, -0.25) is 0 Å². The minimum absolute atomic E-state index is 0.107. The molecule has 0 bridgehead atoms. The van der Waals surface area contributed by atoms with Crippen LogP contribution < -0.4 is 0 Å². The van der Waals surface area contributed by atoms with Gasteiger partial charge in [-0.25, -0.2) is 4.79 Å². The Kier molecular flexibility index (Phi) is 4.13. The summed E-state index contributed by atoms with van der Waals surface area (Å²) in [6, 6.07) is 5.03. The van der Waals surface area contributed by atoms with Crippen molar-refractivity contribution in [3.05, 3.63) is 32.8 Å². The van der Waals surface area contributed by atoms with Crippen LogP contribution in [0.4, 0.5) is 0 Å². The second kappa shape index (κ2) is 5.15. The molecule has 0 atom stereocenters. The van der Waals surface area contributed by atoms with Crippen molar-refractivity contribution in [2.75, 3.05) is 6.61 Å². The van der Waals surface area contributed by atoms with E-state index in [1.54, 1.807) is 13.0 Å². The fraction of sp³-hybridized carbons (Fsp3) is 0.200. The molecule has 0 amide bonds. The van der Waals surface area contributed by atoms with Crippen LogP contribution in [0, 0.1) is 11.3 Å². The van der Waals surface area contributed by atoms with Gasteiger partial charge in [0.1, 0.15) is 6.07 Å². The first-order chi connectivity index (χ1) is 7.11. The molecule has 78 valence electrons. The number of carbonyl (C=O) groups is 1. The molecule has 1 aromatic rings. The zero-order chi connectivity index (χ0) is 11.4. The predicted octanol–water partition coefficient (Wildman–Crippen LogP) is 3.15. The average molecular weight is 289 g/mol. The van der Waals surface area contributed by atoms with Crippen LogP contribution in [0.5, 0.6) is 0 Å². The summed E-state index contributed by atoms with van der Waals surface area (Å²) in [6.07, 6.45) is 0. The third kappa shape index (κ3) is 2.49. The molecule has 0 aromatic heterocycles. The highest BCUT2D eigenvalue weighted by atomic mass is 79.9. The lowest BCUT2D eigenvalue weighted by atomic mass is 10.1. The number of carbonyl (C=O) groups excluding carboxylic acids is 1. The molecule has 0 unspecified atom stereocenters. The van der Waals surface area contributed by atoms with Gasteiger partial charge in [-0.2, -0.15) is 5.26 Å². The van der Waals surface area contributed by atoms with E-state index in [1.165, 1.54) is 6.07 Å².